The lowest BCUT2D eigenvalue weighted by Crippen LogP contribution is -2.44. The van der Waals surface area contributed by atoms with Gasteiger partial charge in [0.05, 0.1) is 6.26 Å². The van der Waals surface area contributed by atoms with Gasteiger partial charge in [0.1, 0.15) is 0 Å². The van der Waals surface area contributed by atoms with E-state index in [1.54, 1.807) is 0 Å². The first-order valence-electron chi connectivity index (χ1n) is 10.6. The van der Waals surface area contributed by atoms with Crippen molar-refractivity contribution in [2.45, 2.75) is 38.3 Å². The summed E-state index contributed by atoms with van der Waals surface area (Å²) in [6.45, 7) is 4.94. The van der Waals surface area contributed by atoms with E-state index in [4.69, 9.17) is 0 Å². The van der Waals surface area contributed by atoms with Crippen LogP contribution in [0, 0.1) is 0 Å². The molecule has 156 valence electrons. The molecule has 4 rings (SSSR count). The zero-order valence-corrected chi connectivity index (χ0v) is 18.0. The summed E-state index contributed by atoms with van der Waals surface area (Å²) in [4.78, 5) is 5.22. The second kappa shape index (κ2) is 8.86. The lowest BCUT2D eigenvalue weighted by molar-refractivity contribution is 0.212. The van der Waals surface area contributed by atoms with Crippen LogP contribution in [0.5, 0.6) is 0 Å². The van der Waals surface area contributed by atoms with Gasteiger partial charge in [-0.3, -0.25) is 0 Å². The lowest BCUT2D eigenvalue weighted by atomic mass is 10.0. The summed E-state index contributed by atoms with van der Waals surface area (Å²) in [5.41, 5.74) is 5.26. The van der Waals surface area contributed by atoms with E-state index in [0.29, 0.717) is 12.6 Å². The topological polar surface area (TPSA) is 52.7 Å². The van der Waals surface area contributed by atoms with Crippen molar-refractivity contribution in [2.75, 3.05) is 37.3 Å². The normalized spacial score (nSPS) is 18.2. The predicted molar refractivity (Wildman–Crippen MR) is 119 cm³/mol. The first-order valence-corrected chi connectivity index (χ1v) is 12.5. The first-order chi connectivity index (χ1) is 14.0. The Hall–Kier alpha value is -1.89. The van der Waals surface area contributed by atoms with Crippen molar-refractivity contribution in [3.63, 3.8) is 0 Å². The molecule has 0 atom stereocenters. The minimum absolute atomic E-state index is 0.353. The minimum atomic E-state index is -3.14. The SMILES string of the molecule is CS(=O)(=O)NCc1ccc(CCN2CCC(N3CCc4ccccc43)CC2)cc1. The summed E-state index contributed by atoms with van der Waals surface area (Å²) < 4.78 is 24.9. The van der Waals surface area contributed by atoms with Gasteiger partial charge in [0.15, 0.2) is 0 Å². The van der Waals surface area contributed by atoms with E-state index >= 15 is 0 Å². The molecular formula is C23H31N3O2S. The number of para-hydroxylation sites is 1. The van der Waals surface area contributed by atoms with Gasteiger partial charge in [-0.25, -0.2) is 13.1 Å². The van der Waals surface area contributed by atoms with Crippen molar-refractivity contribution < 1.29 is 8.42 Å². The molecule has 0 saturated carbocycles. The van der Waals surface area contributed by atoms with Gasteiger partial charge in [0.2, 0.25) is 10.0 Å². The third kappa shape index (κ3) is 5.38. The number of rotatable bonds is 7. The first kappa shape index (κ1) is 20.4. The van der Waals surface area contributed by atoms with E-state index in [-0.39, 0.29) is 0 Å². The average Bonchev–Trinajstić information content (AvgIpc) is 3.15. The molecule has 2 aliphatic heterocycles. The van der Waals surface area contributed by atoms with Crippen molar-refractivity contribution >= 4 is 15.7 Å². The Bertz CT molecular complexity index is 919. The molecule has 1 saturated heterocycles. The highest BCUT2D eigenvalue weighted by Gasteiger charge is 2.28. The second-order valence-corrected chi connectivity index (χ2v) is 10.1. The molecule has 29 heavy (non-hydrogen) atoms. The molecule has 0 aromatic heterocycles. The maximum atomic E-state index is 11.2. The fourth-order valence-electron chi connectivity index (χ4n) is 4.52. The molecule has 1 N–H and O–H groups in total. The van der Waals surface area contributed by atoms with Crippen molar-refractivity contribution in [3.05, 3.63) is 65.2 Å². The monoisotopic (exact) mass is 413 g/mol. The highest BCUT2D eigenvalue weighted by atomic mass is 32.2. The number of nitrogens with one attached hydrogen (secondary N) is 1. The molecule has 5 nitrogen and oxygen atoms in total. The van der Waals surface area contributed by atoms with E-state index in [0.717, 1.165) is 18.5 Å². The Morgan fingerprint density at radius 1 is 0.966 bits per heavy atom. The van der Waals surface area contributed by atoms with Gasteiger partial charge in [-0.1, -0.05) is 42.5 Å². The summed E-state index contributed by atoms with van der Waals surface area (Å²) in [6.07, 6.45) is 5.89. The molecule has 6 heteroatoms. The van der Waals surface area contributed by atoms with E-state index in [9.17, 15) is 8.42 Å². The number of sulfonamides is 1. The molecule has 0 spiro atoms. The summed E-state index contributed by atoms with van der Waals surface area (Å²) in [5, 5.41) is 0. The van der Waals surface area contributed by atoms with E-state index in [1.807, 2.05) is 12.1 Å². The van der Waals surface area contributed by atoms with Crippen LogP contribution < -0.4 is 9.62 Å². The number of anilines is 1. The van der Waals surface area contributed by atoms with Crippen LogP contribution in [-0.4, -0.2) is 51.8 Å². The van der Waals surface area contributed by atoms with Crippen LogP contribution in [0.25, 0.3) is 0 Å². The molecule has 2 aliphatic rings. The molecule has 2 aromatic carbocycles. The quantitative estimate of drug-likeness (QED) is 0.758. The smallest absolute Gasteiger partial charge is 0.209 e. The molecule has 0 unspecified atom stereocenters. The Labute approximate surface area is 174 Å². The predicted octanol–water partition coefficient (Wildman–Crippen LogP) is 2.81. The molecule has 2 heterocycles. The van der Waals surface area contributed by atoms with Gasteiger partial charge in [0.25, 0.3) is 0 Å². The zero-order valence-electron chi connectivity index (χ0n) is 17.2. The number of likely N-dealkylation sites (tertiary alicyclic amines) is 1. The Balaban J connectivity index is 1.22. The van der Waals surface area contributed by atoms with Crippen LogP contribution in [0.2, 0.25) is 0 Å². The summed E-state index contributed by atoms with van der Waals surface area (Å²) >= 11 is 0. The van der Waals surface area contributed by atoms with Crippen LogP contribution in [0.1, 0.15) is 29.5 Å². The molecular weight excluding hydrogens is 382 g/mol. The van der Waals surface area contributed by atoms with Gasteiger partial charge in [-0.15, -0.1) is 0 Å². The number of hydrogen-bond acceptors (Lipinski definition) is 4. The van der Waals surface area contributed by atoms with Gasteiger partial charge in [-0.05, 0) is 48.4 Å². The Kier molecular flexibility index (Phi) is 6.23. The van der Waals surface area contributed by atoms with Crippen molar-refractivity contribution in [1.29, 1.82) is 0 Å². The van der Waals surface area contributed by atoms with Crippen molar-refractivity contribution in [3.8, 4) is 0 Å². The zero-order chi connectivity index (χ0) is 20.3. The van der Waals surface area contributed by atoms with E-state index in [1.165, 1.54) is 62.0 Å². The Morgan fingerprint density at radius 2 is 1.66 bits per heavy atom. The lowest BCUT2D eigenvalue weighted by Gasteiger charge is -2.38. The molecule has 0 amide bonds. The third-order valence-corrected chi connectivity index (χ3v) is 6.87. The number of hydrogen-bond donors (Lipinski definition) is 1. The van der Waals surface area contributed by atoms with Crippen molar-refractivity contribution in [2.24, 2.45) is 0 Å². The van der Waals surface area contributed by atoms with Gasteiger partial charge in [-0.2, -0.15) is 0 Å². The summed E-state index contributed by atoms with van der Waals surface area (Å²) in [6, 6.07) is 17.8. The van der Waals surface area contributed by atoms with Crippen LogP contribution >= 0.6 is 0 Å². The maximum Gasteiger partial charge on any atom is 0.209 e. The minimum Gasteiger partial charge on any atom is -0.368 e. The number of nitrogens with zero attached hydrogens (tertiary/aromatic N) is 2. The van der Waals surface area contributed by atoms with Gasteiger partial charge in [0, 0.05) is 44.5 Å². The highest BCUT2D eigenvalue weighted by molar-refractivity contribution is 7.88. The van der Waals surface area contributed by atoms with Crippen molar-refractivity contribution in [1.82, 2.24) is 9.62 Å². The molecule has 1 fully saturated rings. The fourth-order valence-corrected chi connectivity index (χ4v) is 4.95. The fraction of sp³-hybridized carbons (Fsp3) is 0.478. The largest absolute Gasteiger partial charge is 0.368 e. The Morgan fingerprint density at radius 3 is 2.38 bits per heavy atom. The number of benzene rings is 2. The standard InChI is InChI=1S/C23H31N3O2S/c1-29(27,28)24-18-20-8-6-19(7-9-20)10-14-25-15-12-22(13-16-25)26-17-11-21-4-2-3-5-23(21)26/h2-9,22,24H,10-18H2,1H3. The summed E-state index contributed by atoms with van der Waals surface area (Å²) in [7, 11) is -3.14. The molecule has 0 bridgehead atoms. The van der Waals surface area contributed by atoms with Crippen LogP contribution in [-0.2, 0) is 29.4 Å². The molecule has 0 radical (unpaired) electrons. The highest BCUT2D eigenvalue weighted by Crippen LogP contribution is 2.32. The van der Waals surface area contributed by atoms with Crippen LogP contribution in [0.3, 0.4) is 0 Å². The maximum absolute atomic E-state index is 11.2. The molecule has 2 aromatic rings. The van der Waals surface area contributed by atoms with E-state index in [2.05, 4.69) is 50.9 Å². The second-order valence-electron chi connectivity index (χ2n) is 8.30. The summed E-state index contributed by atoms with van der Waals surface area (Å²) in [5.74, 6) is 0. The van der Waals surface area contributed by atoms with Crippen LogP contribution in [0.4, 0.5) is 5.69 Å². The number of fused-ring (bicyclic) bond motifs is 1. The third-order valence-electron chi connectivity index (χ3n) is 6.20. The van der Waals surface area contributed by atoms with Gasteiger partial charge >= 0.3 is 0 Å². The number of piperidine rings is 1. The molecule has 0 aliphatic carbocycles. The average molecular weight is 414 g/mol. The van der Waals surface area contributed by atoms with Gasteiger partial charge < -0.3 is 9.80 Å². The van der Waals surface area contributed by atoms with Crippen LogP contribution in [0.15, 0.2) is 48.5 Å². The van der Waals surface area contributed by atoms with E-state index < -0.39 is 10.0 Å².